The molecule has 4 nitrogen and oxygen atoms in total. The van der Waals surface area contributed by atoms with Gasteiger partial charge in [-0.25, -0.2) is 0 Å². The molecule has 4 heteroatoms. The number of rotatable bonds is 20. The van der Waals surface area contributed by atoms with Crippen molar-refractivity contribution in [3.8, 4) is 0 Å². The van der Waals surface area contributed by atoms with E-state index < -0.39 is 0 Å². The maximum atomic E-state index is 13.5. The van der Waals surface area contributed by atoms with Crippen molar-refractivity contribution in [2.75, 3.05) is 0 Å². The van der Waals surface area contributed by atoms with E-state index >= 15 is 0 Å². The van der Waals surface area contributed by atoms with Crippen LogP contribution in [0.25, 0.3) is 0 Å². The monoisotopic (exact) mass is 547 g/mol. The summed E-state index contributed by atoms with van der Waals surface area (Å²) >= 11 is 0. The predicted molar refractivity (Wildman–Crippen MR) is 167 cm³/mol. The summed E-state index contributed by atoms with van der Waals surface area (Å²) in [7, 11) is 0. The van der Waals surface area contributed by atoms with Gasteiger partial charge in [0.15, 0.2) is 0 Å². The van der Waals surface area contributed by atoms with Crippen LogP contribution in [0.4, 0.5) is 0 Å². The lowest BCUT2D eigenvalue weighted by atomic mass is 9.79. The van der Waals surface area contributed by atoms with Crippen molar-refractivity contribution >= 4 is 11.8 Å². The number of hydrogen-bond acceptors (Lipinski definition) is 3. The van der Waals surface area contributed by atoms with Crippen molar-refractivity contribution in [3.05, 3.63) is 0 Å². The molecule has 2 rings (SSSR count). The highest BCUT2D eigenvalue weighted by Crippen LogP contribution is 2.39. The summed E-state index contributed by atoms with van der Waals surface area (Å²) in [6, 6.07) is 0.0133. The number of carbonyl (C=O) groups is 2. The molecule has 2 fully saturated rings. The zero-order valence-corrected chi connectivity index (χ0v) is 27.2. The molecule has 2 amide bonds. The Bertz CT molecular complexity index is 699. The Balaban J connectivity index is 1.55. The van der Waals surface area contributed by atoms with E-state index in [1.54, 1.807) is 4.90 Å². The highest BCUT2D eigenvalue weighted by molar-refractivity contribution is 6.05. The number of unbranched alkanes of at least 4 members (excludes halogenated alkanes) is 15. The minimum atomic E-state index is -0.174. The molecule has 3 unspecified atom stereocenters. The third-order valence-electron chi connectivity index (χ3n) is 9.53. The summed E-state index contributed by atoms with van der Waals surface area (Å²) in [6.45, 7) is 15.3. The zero-order valence-electron chi connectivity index (χ0n) is 27.2. The van der Waals surface area contributed by atoms with Gasteiger partial charge in [0.05, 0.1) is 5.92 Å². The molecule has 2 aliphatic rings. The summed E-state index contributed by atoms with van der Waals surface area (Å²) < 4.78 is 0. The lowest BCUT2D eigenvalue weighted by Gasteiger charge is -2.48. The van der Waals surface area contributed by atoms with E-state index in [4.69, 9.17) is 0 Å². The number of nitrogens with one attached hydrogen (secondary N) is 1. The lowest BCUT2D eigenvalue weighted by Crippen LogP contribution is -2.63. The van der Waals surface area contributed by atoms with Gasteiger partial charge in [-0.3, -0.25) is 14.5 Å². The SMILES string of the molecule is CCCCCCCCCCCCCCCCCCC(C)CC1C(=O)N(C2CC(C)(C)NC(C)(C)C2)C(=O)C1C. The second-order valence-corrected chi connectivity index (χ2v) is 14.8. The van der Waals surface area contributed by atoms with Gasteiger partial charge >= 0.3 is 0 Å². The molecule has 228 valence electrons. The minimum Gasteiger partial charge on any atom is -0.307 e. The van der Waals surface area contributed by atoms with E-state index in [0.29, 0.717) is 5.92 Å². The number of amides is 2. The maximum absolute atomic E-state index is 13.5. The minimum absolute atomic E-state index is 0.0133. The molecule has 2 saturated heterocycles. The first-order valence-electron chi connectivity index (χ1n) is 17.1. The fraction of sp³-hybridized carbons (Fsp3) is 0.943. The van der Waals surface area contributed by atoms with Crippen LogP contribution in [0.15, 0.2) is 0 Å². The molecular formula is C35H66N2O2. The fourth-order valence-corrected chi connectivity index (χ4v) is 7.60. The highest BCUT2D eigenvalue weighted by Gasteiger charge is 2.51. The van der Waals surface area contributed by atoms with Gasteiger partial charge in [0, 0.05) is 23.0 Å². The van der Waals surface area contributed by atoms with Gasteiger partial charge in [0.2, 0.25) is 11.8 Å². The molecule has 3 atom stereocenters. The maximum Gasteiger partial charge on any atom is 0.233 e. The van der Waals surface area contributed by atoms with E-state index in [0.717, 1.165) is 19.3 Å². The Hall–Kier alpha value is -0.900. The Kier molecular flexibility index (Phi) is 15.1. The molecule has 0 saturated carbocycles. The van der Waals surface area contributed by atoms with Gasteiger partial charge in [-0.15, -0.1) is 0 Å². The van der Waals surface area contributed by atoms with Crippen LogP contribution in [-0.4, -0.2) is 33.8 Å². The van der Waals surface area contributed by atoms with Crippen LogP contribution < -0.4 is 5.32 Å². The van der Waals surface area contributed by atoms with E-state index in [9.17, 15) is 9.59 Å². The average Bonchev–Trinajstić information content (AvgIpc) is 3.04. The summed E-state index contributed by atoms with van der Waals surface area (Å²) in [5.74, 6) is 0.367. The summed E-state index contributed by atoms with van der Waals surface area (Å²) in [6.07, 6.45) is 26.0. The van der Waals surface area contributed by atoms with Crippen LogP contribution in [0.5, 0.6) is 0 Å². The zero-order chi connectivity index (χ0) is 28.9. The van der Waals surface area contributed by atoms with Gasteiger partial charge in [-0.2, -0.15) is 0 Å². The van der Waals surface area contributed by atoms with Crippen molar-refractivity contribution in [3.63, 3.8) is 0 Å². The summed E-state index contributed by atoms with van der Waals surface area (Å²) in [5, 5.41) is 3.68. The molecule has 0 bridgehead atoms. The third-order valence-corrected chi connectivity index (χ3v) is 9.53. The molecule has 0 radical (unpaired) electrons. The van der Waals surface area contributed by atoms with Crippen LogP contribution >= 0.6 is 0 Å². The first-order valence-corrected chi connectivity index (χ1v) is 17.1. The Morgan fingerprint density at radius 3 is 1.56 bits per heavy atom. The van der Waals surface area contributed by atoms with Crippen LogP contribution in [0.3, 0.4) is 0 Å². The van der Waals surface area contributed by atoms with Crippen molar-refractivity contribution < 1.29 is 9.59 Å². The second kappa shape index (κ2) is 17.1. The Morgan fingerprint density at radius 1 is 0.718 bits per heavy atom. The molecule has 2 heterocycles. The number of hydrogen-bond donors (Lipinski definition) is 1. The van der Waals surface area contributed by atoms with Crippen LogP contribution in [-0.2, 0) is 9.59 Å². The third kappa shape index (κ3) is 12.2. The predicted octanol–water partition coefficient (Wildman–Crippen LogP) is 9.59. The largest absolute Gasteiger partial charge is 0.307 e. The van der Waals surface area contributed by atoms with Crippen molar-refractivity contribution in [2.45, 2.75) is 194 Å². The number of piperidine rings is 1. The Labute approximate surface area is 243 Å². The van der Waals surface area contributed by atoms with Gasteiger partial charge in [-0.05, 0) is 52.9 Å². The van der Waals surface area contributed by atoms with E-state index in [1.807, 2.05) is 6.92 Å². The van der Waals surface area contributed by atoms with Gasteiger partial charge in [-0.1, -0.05) is 130 Å². The number of imide groups is 1. The number of nitrogens with zero attached hydrogens (tertiary/aromatic N) is 1. The summed E-state index contributed by atoms with van der Waals surface area (Å²) in [4.78, 5) is 28.4. The van der Waals surface area contributed by atoms with Crippen LogP contribution in [0.1, 0.15) is 177 Å². The van der Waals surface area contributed by atoms with Crippen molar-refractivity contribution in [2.24, 2.45) is 17.8 Å². The average molecular weight is 547 g/mol. The number of likely N-dealkylation sites (tertiary alicyclic amines) is 1. The molecular weight excluding hydrogens is 480 g/mol. The molecule has 39 heavy (non-hydrogen) atoms. The lowest BCUT2D eigenvalue weighted by molar-refractivity contribution is -0.144. The van der Waals surface area contributed by atoms with E-state index in [1.165, 1.54) is 109 Å². The van der Waals surface area contributed by atoms with Gasteiger partial charge < -0.3 is 5.32 Å². The smallest absolute Gasteiger partial charge is 0.233 e. The molecule has 0 spiro atoms. The quantitative estimate of drug-likeness (QED) is 0.122. The Morgan fingerprint density at radius 2 is 1.13 bits per heavy atom. The van der Waals surface area contributed by atoms with E-state index in [2.05, 4.69) is 46.9 Å². The molecule has 0 aliphatic carbocycles. The van der Waals surface area contributed by atoms with Gasteiger partial charge in [0.1, 0.15) is 0 Å². The molecule has 0 aromatic rings. The topological polar surface area (TPSA) is 49.4 Å². The molecule has 0 aromatic carbocycles. The van der Waals surface area contributed by atoms with E-state index in [-0.39, 0.29) is 40.8 Å². The van der Waals surface area contributed by atoms with Crippen LogP contribution in [0.2, 0.25) is 0 Å². The molecule has 1 N–H and O–H groups in total. The fourth-order valence-electron chi connectivity index (χ4n) is 7.60. The van der Waals surface area contributed by atoms with Crippen molar-refractivity contribution in [1.29, 1.82) is 0 Å². The molecule has 0 aromatic heterocycles. The van der Waals surface area contributed by atoms with Crippen LogP contribution in [0, 0.1) is 17.8 Å². The van der Waals surface area contributed by atoms with Crippen molar-refractivity contribution in [1.82, 2.24) is 10.2 Å². The highest BCUT2D eigenvalue weighted by atomic mass is 16.2. The summed E-state index contributed by atoms with van der Waals surface area (Å²) in [5.41, 5.74) is -0.149. The first-order chi connectivity index (χ1) is 18.5. The van der Waals surface area contributed by atoms with Gasteiger partial charge in [0.25, 0.3) is 0 Å². The molecule has 2 aliphatic heterocycles. The standard InChI is InChI=1S/C35H66N2O2/c1-8-9-10-11-12-13-14-15-16-17-18-19-20-21-22-23-24-28(2)25-31-29(3)32(38)37(33(31)39)30-26-34(4,5)36-35(6,7)27-30/h28-31,36H,8-27H2,1-7H3. The number of carbonyl (C=O) groups excluding carboxylic acids is 2. The second-order valence-electron chi connectivity index (χ2n) is 14.8. The first kappa shape index (κ1) is 34.3. The normalized spacial score (nSPS) is 24.0.